The van der Waals surface area contributed by atoms with Crippen LogP contribution in [0.25, 0.3) is 0 Å². The van der Waals surface area contributed by atoms with E-state index in [-0.39, 0.29) is 11.8 Å². The molecule has 1 N–H and O–H groups in total. The minimum absolute atomic E-state index is 0.142. The molecule has 1 amide bonds. The van der Waals surface area contributed by atoms with E-state index < -0.39 is 0 Å². The Bertz CT molecular complexity index is 612. The zero-order valence-electron chi connectivity index (χ0n) is 12.3. The summed E-state index contributed by atoms with van der Waals surface area (Å²) in [6.07, 6.45) is 7.14. The van der Waals surface area contributed by atoms with E-state index >= 15 is 0 Å². The number of hydrogen-bond acceptors (Lipinski definition) is 3. The van der Waals surface area contributed by atoms with Gasteiger partial charge in [-0.1, -0.05) is 42.7 Å². The Morgan fingerprint density at radius 2 is 2.00 bits per heavy atom. The van der Waals surface area contributed by atoms with Crippen LogP contribution in [0.4, 0.5) is 5.13 Å². The number of nitrogens with one attached hydrogen (secondary N) is 1. The van der Waals surface area contributed by atoms with Gasteiger partial charge in [0.15, 0.2) is 5.13 Å². The van der Waals surface area contributed by atoms with E-state index in [2.05, 4.69) is 41.5 Å². The van der Waals surface area contributed by atoms with E-state index in [4.69, 9.17) is 0 Å². The summed E-state index contributed by atoms with van der Waals surface area (Å²) in [5, 5.41) is 3.70. The van der Waals surface area contributed by atoms with Gasteiger partial charge in [0.25, 0.3) is 0 Å². The summed E-state index contributed by atoms with van der Waals surface area (Å²) in [7, 11) is 0. The zero-order valence-corrected chi connectivity index (χ0v) is 13.1. The highest BCUT2D eigenvalue weighted by Crippen LogP contribution is 2.27. The molecule has 1 aromatic carbocycles. The van der Waals surface area contributed by atoms with Crippen LogP contribution >= 0.6 is 11.3 Å². The minimum Gasteiger partial charge on any atom is -0.302 e. The molecule has 1 fully saturated rings. The van der Waals surface area contributed by atoms with Crippen LogP contribution in [-0.4, -0.2) is 10.9 Å². The smallest absolute Gasteiger partial charge is 0.229 e. The zero-order chi connectivity index (χ0) is 14.7. The van der Waals surface area contributed by atoms with Crippen molar-refractivity contribution in [3.8, 4) is 0 Å². The van der Waals surface area contributed by atoms with Gasteiger partial charge in [-0.05, 0) is 25.3 Å². The Labute approximate surface area is 129 Å². The Morgan fingerprint density at radius 1 is 1.29 bits per heavy atom. The van der Waals surface area contributed by atoms with Crippen LogP contribution in [0.15, 0.2) is 30.5 Å². The van der Waals surface area contributed by atoms with Gasteiger partial charge in [-0.3, -0.25) is 4.79 Å². The number of amides is 1. The van der Waals surface area contributed by atoms with Crippen molar-refractivity contribution in [3.63, 3.8) is 0 Å². The molecule has 0 spiro atoms. The van der Waals surface area contributed by atoms with Crippen molar-refractivity contribution in [2.45, 2.75) is 39.0 Å². The van der Waals surface area contributed by atoms with Crippen LogP contribution < -0.4 is 5.32 Å². The predicted molar refractivity (Wildman–Crippen MR) is 86.7 cm³/mol. The lowest BCUT2D eigenvalue weighted by atomic mass is 10.1. The third-order valence-electron chi connectivity index (χ3n) is 4.01. The van der Waals surface area contributed by atoms with Crippen LogP contribution in [-0.2, 0) is 11.2 Å². The van der Waals surface area contributed by atoms with Crippen LogP contribution in [0.5, 0.6) is 0 Å². The molecule has 0 unspecified atom stereocenters. The Balaban J connectivity index is 1.60. The standard InChI is InChI=1S/C17H20N2OS/c1-12-6-8-13(9-7-12)10-15-11-18-17(21-15)19-16(20)14-4-2-3-5-14/h6-9,11,14H,2-5,10H2,1H3,(H,18,19,20). The highest BCUT2D eigenvalue weighted by molar-refractivity contribution is 7.15. The second-order valence-corrected chi connectivity index (χ2v) is 6.88. The summed E-state index contributed by atoms with van der Waals surface area (Å²) in [6, 6.07) is 8.54. The number of aromatic nitrogens is 1. The largest absolute Gasteiger partial charge is 0.302 e. The fourth-order valence-electron chi connectivity index (χ4n) is 2.75. The molecule has 0 aliphatic heterocycles. The first kappa shape index (κ1) is 14.3. The quantitative estimate of drug-likeness (QED) is 0.920. The highest BCUT2D eigenvalue weighted by Gasteiger charge is 2.23. The predicted octanol–water partition coefficient (Wildman–Crippen LogP) is 4.17. The van der Waals surface area contributed by atoms with Crippen LogP contribution in [0.3, 0.4) is 0 Å². The number of benzene rings is 1. The molecule has 3 rings (SSSR count). The normalized spacial score (nSPS) is 15.3. The van der Waals surface area contributed by atoms with Gasteiger partial charge >= 0.3 is 0 Å². The van der Waals surface area contributed by atoms with E-state index in [9.17, 15) is 4.79 Å². The van der Waals surface area contributed by atoms with Crippen LogP contribution in [0, 0.1) is 12.8 Å². The van der Waals surface area contributed by atoms with Gasteiger partial charge in [0.1, 0.15) is 0 Å². The first-order chi connectivity index (χ1) is 10.2. The Hall–Kier alpha value is -1.68. The molecule has 1 aliphatic carbocycles. The summed E-state index contributed by atoms with van der Waals surface area (Å²) >= 11 is 1.58. The van der Waals surface area contributed by atoms with Gasteiger partial charge in [-0.2, -0.15) is 0 Å². The molecule has 3 nitrogen and oxygen atoms in total. The number of carbonyl (C=O) groups is 1. The topological polar surface area (TPSA) is 42.0 Å². The molecule has 1 aromatic heterocycles. The van der Waals surface area contributed by atoms with Crippen molar-refractivity contribution in [3.05, 3.63) is 46.5 Å². The SMILES string of the molecule is Cc1ccc(Cc2cnc(NC(=O)C3CCCC3)s2)cc1. The average Bonchev–Trinajstić information content (AvgIpc) is 3.13. The maximum atomic E-state index is 12.1. The first-order valence-electron chi connectivity index (χ1n) is 7.52. The van der Waals surface area contributed by atoms with Gasteiger partial charge in [0, 0.05) is 23.4 Å². The van der Waals surface area contributed by atoms with Crippen molar-refractivity contribution < 1.29 is 4.79 Å². The van der Waals surface area contributed by atoms with Crippen molar-refractivity contribution in [2.24, 2.45) is 5.92 Å². The molecule has 0 bridgehead atoms. The van der Waals surface area contributed by atoms with Crippen LogP contribution in [0.2, 0.25) is 0 Å². The second-order valence-electron chi connectivity index (χ2n) is 5.76. The molecule has 1 heterocycles. The van der Waals surface area contributed by atoms with Crippen molar-refractivity contribution in [1.82, 2.24) is 4.98 Å². The molecule has 1 saturated carbocycles. The molecule has 2 aromatic rings. The van der Waals surface area contributed by atoms with Crippen LogP contribution in [0.1, 0.15) is 41.7 Å². The maximum Gasteiger partial charge on any atom is 0.229 e. The number of thiazole rings is 1. The number of rotatable bonds is 4. The molecule has 0 saturated heterocycles. The lowest BCUT2D eigenvalue weighted by molar-refractivity contribution is -0.119. The summed E-state index contributed by atoms with van der Waals surface area (Å²) in [5.74, 6) is 0.332. The Kier molecular flexibility index (Phi) is 4.34. The number of hydrogen-bond donors (Lipinski definition) is 1. The number of anilines is 1. The van der Waals surface area contributed by atoms with Gasteiger partial charge in [0.2, 0.25) is 5.91 Å². The monoisotopic (exact) mass is 300 g/mol. The van der Waals surface area contributed by atoms with Gasteiger partial charge in [0.05, 0.1) is 0 Å². The van der Waals surface area contributed by atoms with Crippen molar-refractivity contribution in [2.75, 3.05) is 5.32 Å². The second kappa shape index (κ2) is 6.39. The molecule has 4 heteroatoms. The fourth-order valence-corrected chi connectivity index (χ4v) is 3.60. The van der Waals surface area contributed by atoms with E-state index in [1.807, 2.05) is 6.20 Å². The van der Waals surface area contributed by atoms with Gasteiger partial charge < -0.3 is 5.32 Å². The molecular formula is C17H20N2OS. The van der Waals surface area contributed by atoms with E-state index in [0.29, 0.717) is 0 Å². The lowest BCUT2D eigenvalue weighted by Gasteiger charge is -2.07. The summed E-state index contributed by atoms with van der Waals surface area (Å²) in [4.78, 5) is 17.6. The third-order valence-corrected chi connectivity index (χ3v) is 4.92. The van der Waals surface area contributed by atoms with Crippen molar-refractivity contribution >= 4 is 22.4 Å². The van der Waals surface area contributed by atoms with Gasteiger partial charge in [-0.15, -0.1) is 11.3 Å². The van der Waals surface area contributed by atoms with Gasteiger partial charge in [-0.25, -0.2) is 4.98 Å². The summed E-state index contributed by atoms with van der Waals surface area (Å²) in [6.45, 7) is 2.09. The Morgan fingerprint density at radius 3 is 2.71 bits per heavy atom. The van der Waals surface area contributed by atoms with E-state index in [1.165, 1.54) is 28.8 Å². The minimum atomic E-state index is 0.142. The number of aryl methyl sites for hydroxylation is 1. The lowest BCUT2D eigenvalue weighted by Crippen LogP contribution is -2.19. The average molecular weight is 300 g/mol. The highest BCUT2D eigenvalue weighted by atomic mass is 32.1. The third kappa shape index (κ3) is 3.70. The van der Waals surface area contributed by atoms with E-state index in [1.54, 1.807) is 11.3 Å². The summed E-state index contributed by atoms with van der Waals surface area (Å²) < 4.78 is 0. The molecular weight excluding hydrogens is 280 g/mol. The number of carbonyl (C=O) groups excluding carboxylic acids is 1. The fraction of sp³-hybridized carbons (Fsp3) is 0.412. The van der Waals surface area contributed by atoms with E-state index in [0.717, 1.165) is 24.4 Å². The molecule has 0 atom stereocenters. The number of nitrogens with zero attached hydrogens (tertiary/aromatic N) is 1. The first-order valence-corrected chi connectivity index (χ1v) is 8.33. The molecule has 0 radical (unpaired) electrons. The maximum absolute atomic E-state index is 12.1. The summed E-state index contributed by atoms with van der Waals surface area (Å²) in [5.41, 5.74) is 2.55. The van der Waals surface area contributed by atoms with Crippen molar-refractivity contribution in [1.29, 1.82) is 0 Å². The molecule has 1 aliphatic rings. The molecule has 110 valence electrons. The molecule has 21 heavy (non-hydrogen) atoms.